The van der Waals surface area contributed by atoms with Gasteiger partial charge in [-0.25, -0.2) is 9.48 Å². The molecule has 7 heteroatoms. The van der Waals surface area contributed by atoms with Gasteiger partial charge >= 0.3 is 5.97 Å². The molecule has 110 valence electrons. The molecule has 0 atom stereocenters. The maximum Gasteiger partial charge on any atom is 0.356 e. The Morgan fingerprint density at radius 1 is 1.24 bits per heavy atom. The second kappa shape index (κ2) is 5.63. The first-order valence-corrected chi connectivity index (χ1v) is 8.03. The van der Waals surface area contributed by atoms with Crippen molar-refractivity contribution in [3.8, 4) is 5.69 Å². The first-order chi connectivity index (χ1) is 10.0. The molecule has 1 aliphatic rings. The fraction of sp³-hybridized carbons (Fsp3) is 0.286. The van der Waals surface area contributed by atoms with Gasteiger partial charge in [0.1, 0.15) is 0 Å². The fourth-order valence-electron chi connectivity index (χ4n) is 2.65. The summed E-state index contributed by atoms with van der Waals surface area (Å²) in [5, 5.41) is 14.3. The van der Waals surface area contributed by atoms with Crippen LogP contribution in [0.4, 0.5) is 0 Å². The van der Waals surface area contributed by atoms with Crippen LogP contribution in [0.2, 0.25) is 10.0 Å². The molecule has 0 radical (unpaired) electrons. The fourth-order valence-corrected chi connectivity index (χ4v) is 3.50. The van der Waals surface area contributed by atoms with E-state index in [0.717, 1.165) is 36.9 Å². The molecule has 21 heavy (non-hydrogen) atoms. The van der Waals surface area contributed by atoms with Gasteiger partial charge in [0.15, 0.2) is 5.69 Å². The van der Waals surface area contributed by atoms with E-state index in [1.807, 2.05) is 0 Å². The van der Waals surface area contributed by atoms with Crippen molar-refractivity contribution in [1.29, 1.82) is 0 Å². The van der Waals surface area contributed by atoms with Crippen molar-refractivity contribution < 1.29 is 9.90 Å². The third kappa shape index (κ3) is 2.47. The molecule has 0 spiro atoms. The van der Waals surface area contributed by atoms with E-state index in [9.17, 15) is 9.90 Å². The average molecular weight is 390 g/mol. The number of hydrogen-bond donors (Lipinski definition) is 1. The molecule has 0 fully saturated rings. The van der Waals surface area contributed by atoms with Crippen LogP contribution in [0.5, 0.6) is 0 Å². The lowest BCUT2D eigenvalue weighted by molar-refractivity contribution is 0.0688. The van der Waals surface area contributed by atoms with Crippen molar-refractivity contribution in [2.24, 2.45) is 0 Å². The summed E-state index contributed by atoms with van der Waals surface area (Å²) in [4.78, 5) is 11.4. The SMILES string of the molecule is O=C(O)c1nn(-c2ccc(Br)c(Cl)c2Cl)c2c1CCCC2. The molecule has 1 aromatic heterocycles. The second-order valence-electron chi connectivity index (χ2n) is 4.89. The van der Waals surface area contributed by atoms with Gasteiger partial charge in [0.05, 0.1) is 15.7 Å². The van der Waals surface area contributed by atoms with E-state index >= 15 is 0 Å². The van der Waals surface area contributed by atoms with Gasteiger partial charge in [-0.15, -0.1) is 0 Å². The highest BCUT2D eigenvalue weighted by Crippen LogP contribution is 2.36. The Morgan fingerprint density at radius 3 is 2.67 bits per heavy atom. The Morgan fingerprint density at radius 2 is 1.95 bits per heavy atom. The van der Waals surface area contributed by atoms with E-state index in [-0.39, 0.29) is 5.69 Å². The number of hydrogen-bond acceptors (Lipinski definition) is 2. The maximum absolute atomic E-state index is 11.4. The highest BCUT2D eigenvalue weighted by Gasteiger charge is 2.26. The Labute approximate surface area is 139 Å². The van der Waals surface area contributed by atoms with Gasteiger partial charge in [0.25, 0.3) is 0 Å². The highest BCUT2D eigenvalue weighted by atomic mass is 79.9. The smallest absolute Gasteiger partial charge is 0.356 e. The minimum Gasteiger partial charge on any atom is -0.476 e. The highest BCUT2D eigenvalue weighted by molar-refractivity contribution is 9.10. The van der Waals surface area contributed by atoms with Crippen molar-refractivity contribution in [3.63, 3.8) is 0 Å². The predicted octanol–water partition coefficient (Wildman–Crippen LogP) is 4.52. The largest absolute Gasteiger partial charge is 0.476 e. The van der Waals surface area contributed by atoms with Gasteiger partial charge in [-0.2, -0.15) is 5.10 Å². The number of nitrogens with zero attached hydrogens (tertiary/aromatic N) is 2. The number of halogens is 3. The van der Waals surface area contributed by atoms with Crippen molar-refractivity contribution >= 4 is 45.1 Å². The lowest BCUT2D eigenvalue weighted by atomic mass is 9.95. The molecule has 1 N–H and O–H groups in total. The summed E-state index contributed by atoms with van der Waals surface area (Å²) < 4.78 is 2.32. The van der Waals surface area contributed by atoms with E-state index in [0.29, 0.717) is 20.2 Å². The molecule has 0 bridgehead atoms. The molecule has 3 rings (SSSR count). The van der Waals surface area contributed by atoms with Crippen molar-refractivity contribution in [2.45, 2.75) is 25.7 Å². The summed E-state index contributed by atoms with van der Waals surface area (Å²) in [6.07, 6.45) is 3.52. The van der Waals surface area contributed by atoms with Crippen LogP contribution >= 0.6 is 39.1 Å². The Balaban J connectivity index is 2.24. The van der Waals surface area contributed by atoms with Crippen LogP contribution in [0, 0.1) is 0 Å². The number of aromatic nitrogens is 2. The van der Waals surface area contributed by atoms with Gasteiger partial charge in [0.2, 0.25) is 0 Å². The Bertz CT molecular complexity index is 743. The molecule has 0 saturated heterocycles. The minimum atomic E-state index is -1.01. The summed E-state index contributed by atoms with van der Waals surface area (Å²) in [6, 6.07) is 3.56. The number of carboxylic acids is 1. The molecular formula is C14H11BrCl2N2O2. The molecule has 0 saturated carbocycles. The first-order valence-electron chi connectivity index (χ1n) is 6.48. The van der Waals surface area contributed by atoms with Gasteiger partial charge in [-0.3, -0.25) is 0 Å². The van der Waals surface area contributed by atoms with Crippen LogP contribution in [-0.2, 0) is 12.8 Å². The number of aromatic carboxylic acids is 1. The van der Waals surface area contributed by atoms with Gasteiger partial charge in [-0.1, -0.05) is 23.2 Å². The summed E-state index contributed by atoms with van der Waals surface area (Å²) in [5.74, 6) is -1.01. The third-order valence-corrected chi connectivity index (χ3v) is 5.39. The lowest BCUT2D eigenvalue weighted by Gasteiger charge is -2.15. The third-order valence-electron chi connectivity index (χ3n) is 3.63. The molecule has 0 unspecified atom stereocenters. The monoisotopic (exact) mass is 388 g/mol. The normalized spacial score (nSPS) is 14.0. The van der Waals surface area contributed by atoms with E-state index in [2.05, 4.69) is 21.0 Å². The zero-order chi connectivity index (χ0) is 15.1. The topological polar surface area (TPSA) is 55.1 Å². The van der Waals surface area contributed by atoms with Crippen LogP contribution < -0.4 is 0 Å². The maximum atomic E-state index is 11.4. The van der Waals surface area contributed by atoms with Crippen LogP contribution in [0.15, 0.2) is 16.6 Å². The van der Waals surface area contributed by atoms with Crippen LogP contribution in [0.1, 0.15) is 34.6 Å². The number of fused-ring (bicyclic) bond motifs is 1. The average Bonchev–Trinajstić information content (AvgIpc) is 2.85. The van der Waals surface area contributed by atoms with Crippen molar-refractivity contribution in [2.75, 3.05) is 0 Å². The van der Waals surface area contributed by atoms with Crippen LogP contribution in [0.3, 0.4) is 0 Å². The van der Waals surface area contributed by atoms with E-state index in [1.54, 1.807) is 16.8 Å². The summed E-state index contributed by atoms with van der Waals surface area (Å²) in [7, 11) is 0. The first kappa shape index (κ1) is 14.9. The van der Waals surface area contributed by atoms with Gasteiger partial charge in [0, 0.05) is 15.7 Å². The van der Waals surface area contributed by atoms with E-state index in [1.165, 1.54) is 0 Å². The van der Waals surface area contributed by atoms with Gasteiger partial charge < -0.3 is 5.11 Å². The summed E-state index contributed by atoms with van der Waals surface area (Å²) >= 11 is 15.8. The zero-order valence-corrected chi connectivity index (χ0v) is 14.0. The standard InChI is InChI=1S/C14H11BrCl2N2O2/c15-8-5-6-10(12(17)11(8)16)19-9-4-2-1-3-7(9)13(18-19)14(20)21/h5-6H,1-4H2,(H,20,21). The Kier molecular flexibility index (Phi) is 3.99. The molecular weight excluding hydrogens is 379 g/mol. The number of carboxylic acid groups (broad SMARTS) is 1. The number of carbonyl (C=O) groups is 1. The second-order valence-corrected chi connectivity index (χ2v) is 6.50. The Hall–Kier alpha value is -1.04. The molecule has 2 aromatic rings. The van der Waals surface area contributed by atoms with Gasteiger partial charge in [-0.05, 0) is 53.7 Å². The summed E-state index contributed by atoms with van der Waals surface area (Å²) in [5.41, 5.74) is 2.44. The zero-order valence-electron chi connectivity index (χ0n) is 10.9. The lowest BCUT2D eigenvalue weighted by Crippen LogP contribution is -2.08. The minimum absolute atomic E-state index is 0.111. The molecule has 1 aliphatic carbocycles. The molecule has 0 aliphatic heterocycles. The molecule has 0 amide bonds. The van der Waals surface area contributed by atoms with Crippen LogP contribution in [0.25, 0.3) is 5.69 Å². The predicted molar refractivity (Wildman–Crippen MR) is 84.9 cm³/mol. The van der Waals surface area contributed by atoms with E-state index < -0.39 is 5.97 Å². The number of benzene rings is 1. The van der Waals surface area contributed by atoms with Crippen LogP contribution in [-0.4, -0.2) is 20.9 Å². The number of rotatable bonds is 2. The summed E-state index contributed by atoms with van der Waals surface area (Å²) in [6.45, 7) is 0. The van der Waals surface area contributed by atoms with E-state index in [4.69, 9.17) is 23.2 Å². The van der Waals surface area contributed by atoms with Crippen molar-refractivity contribution in [1.82, 2.24) is 9.78 Å². The molecule has 4 nitrogen and oxygen atoms in total. The molecule has 1 heterocycles. The van der Waals surface area contributed by atoms with Crippen molar-refractivity contribution in [3.05, 3.63) is 43.6 Å². The quantitative estimate of drug-likeness (QED) is 0.768. The molecule has 1 aromatic carbocycles.